The number of esters is 3. The van der Waals surface area contributed by atoms with E-state index in [4.69, 9.17) is 18.9 Å². The quantitative estimate of drug-likeness (QED) is 0.456. The number of rotatable bonds is 5. The molecule has 10 heteroatoms. The van der Waals surface area contributed by atoms with Gasteiger partial charge in [-0.3, -0.25) is 19.2 Å². The van der Waals surface area contributed by atoms with E-state index < -0.39 is 54.5 Å². The Labute approximate surface area is 138 Å². The highest BCUT2D eigenvalue weighted by Gasteiger charge is 2.50. The molecular formula is C14H21NO9. The Bertz CT molecular complexity index is 506. The number of hydrogen-bond donors (Lipinski definition) is 2. The van der Waals surface area contributed by atoms with E-state index in [0.717, 1.165) is 13.8 Å². The predicted molar refractivity (Wildman–Crippen MR) is 76.2 cm³/mol. The number of aliphatic hydroxyl groups is 1. The molecule has 0 aromatic heterocycles. The van der Waals surface area contributed by atoms with Crippen molar-refractivity contribution in [1.82, 2.24) is 5.32 Å². The number of aliphatic hydroxyl groups excluding tert-OH is 1. The van der Waals surface area contributed by atoms with Crippen LogP contribution in [0.5, 0.6) is 0 Å². The lowest BCUT2D eigenvalue weighted by Crippen LogP contribution is -2.66. The zero-order valence-electron chi connectivity index (χ0n) is 13.8. The van der Waals surface area contributed by atoms with Gasteiger partial charge < -0.3 is 29.4 Å². The van der Waals surface area contributed by atoms with Crippen LogP contribution in [0.2, 0.25) is 0 Å². The third kappa shape index (κ3) is 5.78. The lowest BCUT2D eigenvalue weighted by atomic mass is 9.96. The van der Waals surface area contributed by atoms with Crippen molar-refractivity contribution in [3.8, 4) is 0 Å². The van der Waals surface area contributed by atoms with Crippen LogP contribution >= 0.6 is 0 Å². The van der Waals surface area contributed by atoms with Gasteiger partial charge in [-0.25, -0.2) is 0 Å². The average Bonchev–Trinajstić information content (AvgIpc) is 2.42. The first-order valence-corrected chi connectivity index (χ1v) is 7.20. The molecule has 0 unspecified atom stereocenters. The van der Waals surface area contributed by atoms with Crippen LogP contribution in [0, 0.1) is 0 Å². The van der Waals surface area contributed by atoms with Crippen molar-refractivity contribution >= 4 is 23.8 Å². The van der Waals surface area contributed by atoms with Crippen molar-refractivity contribution < 1.29 is 43.2 Å². The summed E-state index contributed by atoms with van der Waals surface area (Å²) in [5.41, 5.74) is 0. The second-order valence-electron chi connectivity index (χ2n) is 5.24. The first kappa shape index (κ1) is 19.8. The predicted octanol–water partition coefficient (Wildman–Crippen LogP) is -1.37. The first-order chi connectivity index (χ1) is 11.1. The summed E-state index contributed by atoms with van der Waals surface area (Å²) in [7, 11) is 0. The van der Waals surface area contributed by atoms with E-state index >= 15 is 0 Å². The minimum atomic E-state index is -1.56. The van der Waals surface area contributed by atoms with Crippen molar-refractivity contribution in [2.24, 2.45) is 0 Å². The Hall–Kier alpha value is -2.20. The maximum absolute atomic E-state index is 11.4. The standard InChI is InChI=1S/C14H21NO9/c1-6(16)15-11-13(23-9(4)19)12(22-8(3)18)10(24-14(11)20)5-21-7(2)17/h10-14,20H,5H2,1-4H3,(H,15,16)/t10-,11+,12-,13-,14-/m1/s1. The molecule has 1 aliphatic rings. The van der Waals surface area contributed by atoms with Crippen molar-refractivity contribution in [1.29, 1.82) is 0 Å². The summed E-state index contributed by atoms with van der Waals surface area (Å²) in [6.07, 6.45) is -5.06. The van der Waals surface area contributed by atoms with Crippen LogP contribution in [-0.2, 0) is 38.1 Å². The van der Waals surface area contributed by atoms with Crippen molar-refractivity contribution in [2.45, 2.75) is 58.3 Å². The van der Waals surface area contributed by atoms with Crippen LogP contribution in [-0.4, -0.2) is 66.2 Å². The van der Waals surface area contributed by atoms with Gasteiger partial charge in [-0.1, -0.05) is 0 Å². The first-order valence-electron chi connectivity index (χ1n) is 7.20. The number of hydrogen-bond acceptors (Lipinski definition) is 9. The average molecular weight is 347 g/mol. The van der Waals surface area contributed by atoms with Crippen LogP contribution in [0.25, 0.3) is 0 Å². The summed E-state index contributed by atoms with van der Waals surface area (Å²) < 4.78 is 20.3. The minimum absolute atomic E-state index is 0.338. The topological polar surface area (TPSA) is 137 Å². The molecule has 0 aliphatic carbocycles. The van der Waals surface area contributed by atoms with Gasteiger partial charge in [-0.15, -0.1) is 0 Å². The Morgan fingerprint density at radius 2 is 1.50 bits per heavy atom. The highest BCUT2D eigenvalue weighted by molar-refractivity contribution is 5.73. The van der Waals surface area contributed by atoms with Crippen LogP contribution in [0.4, 0.5) is 0 Å². The molecule has 1 rings (SSSR count). The maximum atomic E-state index is 11.4. The zero-order chi connectivity index (χ0) is 18.4. The Morgan fingerprint density at radius 3 is 1.96 bits per heavy atom. The van der Waals surface area contributed by atoms with Gasteiger partial charge in [-0.05, 0) is 0 Å². The van der Waals surface area contributed by atoms with E-state index in [-0.39, 0.29) is 6.61 Å². The lowest BCUT2D eigenvalue weighted by molar-refractivity contribution is -0.264. The molecule has 0 spiro atoms. The molecule has 10 nitrogen and oxygen atoms in total. The third-order valence-electron chi connectivity index (χ3n) is 3.09. The molecule has 136 valence electrons. The minimum Gasteiger partial charge on any atom is -0.463 e. The Balaban J connectivity index is 3.11. The van der Waals surface area contributed by atoms with Gasteiger partial charge in [-0.2, -0.15) is 0 Å². The van der Waals surface area contributed by atoms with E-state index in [1.807, 2.05) is 0 Å². The van der Waals surface area contributed by atoms with E-state index in [1.54, 1.807) is 0 Å². The van der Waals surface area contributed by atoms with Crippen LogP contribution in [0.3, 0.4) is 0 Å². The molecule has 1 amide bonds. The summed E-state index contributed by atoms with van der Waals surface area (Å²) in [4.78, 5) is 45.0. The largest absolute Gasteiger partial charge is 0.463 e. The summed E-state index contributed by atoms with van der Waals surface area (Å²) in [5.74, 6) is -2.54. The zero-order valence-corrected chi connectivity index (χ0v) is 13.8. The normalized spacial score (nSPS) is 29.3. The molecule has 2 N–H and O–H groups in total. The van der Waals surface area contributed by atoms with E-state index in [1.165, 1.54) is 13.8 Å². The lowest BCUT2D eigenvalue weighted by Gasteiger charge is -2.43. The van der Waals surface area contributed by atoms with Crippen LogP contribution in [0.1, 0.15) is 27.7 Å². The second kappa shape index (κ2) is 8.60. The molecule has 0 aromatic rings. The second-order valence-corrected chi connectivity index (χ2v) is 5.24. The number of nitrogens with one attached hydrogen (secondary N) is 1. The van der Waals surface area contributed by atoms with Gasteiger partial charge in [0.2, 0.25) is 5.91 Å². The van der Waals surface area contributed by atoms with Gasteiger partial charge >= 0.3 is 17.9 Å². The molecular weight excluding hydrogens is 326 g/mol. The Kier molecular flexibility index (Phi) is 7.11. The fourth-order valence-corrected chi connectivity index (χ4v) is 2.31. The highest BCUT2D eigenvalue weighted by Crippen LogP contribution is 2.26. The van der Waals surface area contributed by atoms with E-state index in [9.17, 15) is 24.3 Å². The van der Waals surface area contributed by atoms with E-state index in [0.29, 0.717) is 0 Å². The monoisotopic (exact) mass is 347 g/mol. The number of carbonyl (C=O) groups is 4. The van der Waals surface area contributed by atoms with Crippen molar-refractivity contribution in [3.05, 3.63) is 0 Å². The molecule has 0 saturated carbocycles. The SMILES string of the molecule is CC(=O)N[C@H]1[C@@H](OC(C)=O)[C@H](OC(C)=O)[C@@H](COC(C)=O)O[C@H]1O. The van der Waals surface area contributed by atoms with Crippen LogP contribution < -0.4 is 5.32 Å². The summed E-state index contributed by atoms with van der Waals surface area (Å²) >= 11 is 0. The van der Waals surface area contributed by atoms with Gasteiger partial charge in [0, 0.05) is 27.7 Å². The van der Waals surface area contributed by atoms with Gasteiger partial charge in [0.05, 0.1) is 0 Å². The number of amides is 1. The molecule has 24 heavy (non-hydrogen) atoms. The smallest absolute Gasteiger partial charge is 0.303 e. The van der Waals surface area contributed by atoms with Crippen molar-refractivity contribution in [3.63, 3.8) is 0 Å². The molecule has 1 fully saturated rings. The summed E-state index contributed by atoms with van der Waals surface area (Å²) in [6.45, 7) is 4.28. The molecule has 0 radical (unpaired) electrons. The highest BCUT2D eigenvalue weighted by atomic mass is 16.7. The van der Waals surface area contributed by atoms with Gasteiger partial charge in [0.15, 0.2) is 18.5 Å². The summed E-state index contributed by atoms with van der Waals surface area (Å²) in [6, 6.07) is -1.16. The van der Waals surface area contributed by atoms with E-state index in [2.05, 4.69) is 5.32 Å². The molecule has 5 atom stereocenters. The van der Waals surface area contributed by atoms with Crippen molar-refractivity contribution in [2.75, 3.05) is 6.61 Å². The van der Waals surface area contributed by atoms with Gasteiger partial charge in [0.25, 0.3) is 0 Å². The molecule has 1 saturated heterocycles. The fourth-order valence-electron chi connectivity index (χ4n) is 2.31. The molecule has 0 aromatic carbocycles. The van der Waals surface area contributed by atoms with Crippen LogP contribution in [0.15, 0.2) is 0 Å². The molecule has 1 heterocycles. The molecule has 1 aliphatic heterocycles. The number of ether oxygens (including phenoxy) is 4. The van der Waals surface area contributed by atoms with Gasteiger partial charge in [0.1, 0.15) is 18.8 Å². The molecule has 0 bridgehead atoms. The Morgan fingerprint density at radius 1 is 0.958 bits per heavy atom. The summed E-state index contributed by atoms with van der Waals surface area (Å²) in [5, 5.41) is 12.5. The maximum Gasteiger partial charge on any atom is 0.303 e. The third-order valence-corrected chi connectivity index (χ3v) is 3.09. The fraction of sp³-hybridized carbons (Fsp3) is 0.714. The number of carbonyl (C=O) groups excluding carboxylic acids is 4.